The molecule has 0 aromatic carbocycles. The summed E-state index contributed by atoms with van der Waals surface area (Å²) in [5, 5.41) is 9.13. The summed E-state index contributed by atoms with van der Waals surface area (Å²) in [6.07, 6.45) is 0.919. The minimum absolute atomic E-state index is 0.0649. The Balaban J connectivity index is 2.55. The summed E-state index contributed by atoms with van der Waals surface area (Å²) < 4.78 is 0. The minimum atomic E-state index is -0.0649. The zero-order chi connectivity index (χ0) is 10.1. The molecule has 1 saturated heterocycles. The fraction of sp³-hybridized carbons (Fsp3) is 0.900. The normalized spacial score (nSPS) is 28.5. The first-order valence-electron chi connectivity index (χ1n) is 4.88. The SMILES string of the molecule is CC(C)C(=O)N1CCC(C)(CO)C1. The maximum Gasteiger partial charge on any atom is 0.225 e. The van der Waals surface area contributed by atoms with Gasteiger partial charge in [-0.2, -0.15) is 0 Å². The maximum absolute atomic E-state index is 11.6. The van der Waals surface area contributed by atoms with Crippen LogP contribution in [-0.4, -0.2) is 35.6 Å². The van der Waals surface area contributed by atoms with Crippen molar-refractivity contribution in [3.05, 3.63) is 0 Å². The van der Waals surface area contributed by atoms with E-state index in [2.05, 4.69) is 0 Å². The fourth-order valence-electron chi connectivity index (χ4n) is 1.71. The van der Waals surface area contributed by atoms with Crippen LogP contribution in [0, 0.1) is 11.3 Å². The van der Waals surface area contributed by atoms with Gasteiger partial charge in [-0.1, -0.05) is 20.8 Å². The number of carbonyl (C=O) groups is 1. The number of amides is 1. The van der Waals surface area contributed by atoms with Crippen LogP contribution in [0.5, 0.6) is 0 Å². The van der Waals surface area contributed by atoms with Gasteiger partial charge in [-0.25, -0.2) is 0 Å². The van der Waals surface area contributed by atoms with E-state index in [4.69, 9.17) is 5.11 Å². The maximum atomic E-state index is 11.6. The lowest BCUT2D eigenvalue weighted by Crippen LogP contribution is -2.34. The summed E-state index contributed by atoms with van der Waals surface area (Å²) in [5.74, 6) is 0.276. The Morgan fingerprint density at radius 1 is 1.62 bits per heavy atom. The van der Waals surface area contributed by atoms with Crippen LogP contribution in [-0.2, 0) is 4.79 Å². The predicted molar refractivity (Wildman–Crippen MR) is 51.2 cm³/mol. The van der Waals surface area contributed by atoms with Crippen molar-refractivity contribution in [2.45, 2.75) is 27.2 Å². The van der Waals surface area contributed by atoms with Gasteiger partial charge < -0.3 is 10.0 Å². The summed E-state index contributed by atoms with van der Waals surface area (Å²) >= 11 is 0. The number of rotatable bonds is 2. The van der Waals surface area contributed by atoms with Crippen LogP contribution >= 0.6 is 0 Å². The number of carbonyl (C=O) groups excluding carboxylic acids is 1. The van der Waals surface area contributed by atoms with Crippen LogP contribution in [0.25, 0.3) is 0 Å². The van der Waals surface area contributed by atoms with Crippen LogP contribution in [0.1, 0.15) is 27.2 Å². The smallest absolute Gasteiger partial charge is 0.225 e. The lowest BCUT2D eigenvalue weighted by atomic mass is 9.91. The van der Waals surface area contributed by atoms with E-state index in [1.165, 1.54) is 0 Å². The third-order valence-electron chi connectivity index (χ3n) is 2.75. The topological polar surface area (TPSA) is 40.5 Å². The summed E-state index contributed by atoms with van der Waals surface area (Å²) in [4.78, 5) is 13.5. The van der Waals surface area contributed by atoms with E-state index in [1.807, 2.05) is 25.7 Å². The Kier molecular flexibility index (Phi) is 2.96. The van der Waals surface area contributed by atoms with Crippen LogP contribution in [0.15, 0.2) is 0 Å². The van der Waals surface area contributed by atoms with E-state index in [0.717, 1.165) is 13.0 Å². The Labute approximate surface area is 79.7 Å². The molecule has 1 heterocycles. The fourth-order valence-corrected chi connectivity index (χ4v) is 1.71. The van der Waals surface area contributed by atoms with E-state index in [1.54, 1.807) is 0 Å². The number of hydrogen-bond donors (Lipinski definition) is 1. The number of hydrogen-bond acceptors (Lipinski definition) is 2. The Morgan fingerprint density at radius 2 is 2.23 bits per heavy atom. The van der Waals surface area contributed by atoms with E-state index in [0.29, 0.717) is 6.54 Å². The van der Waals surface area contributed by atoms with Gasteiger partial charge in [-0.3, -0.25) is 4.79 Å². The first kappa shape index (κ1) is 10.5. The highest BCUT2D eigenvalue weighted by atomic mass is 16.3. The molecule has 0 radical (unpaired) electrons. The van der Waals surface area contributed by atoms with Gasteiger partial charge in [0.05, 0.1) is 6.61 Å². The van der Waals surface area contributed by atoms with Gasteiger partial charge >= 0.3 is 0 Å². The molecule has 1 N–H and O–H groups in total. The van der Waals surface area contributed by atoms with Gasteiger partial charge in [0.1, 0.15) is 0 Å². The number of nitrogens with zero attached hydrogens (tertiary/aromatic N) is 1. The highest BCUT2D eigenvalue weighted by Gasteiger charge is 2.35. The van der Waals surface area contributed by atoms with Crippen molar-refractivity contribution in [1.82, 2.24) is 4.90 Å². The van der Waals surface area contributed by atoms with Crippen molar-refractivity contribution in [2.24, 2.45) is 11.3 Å². The molecule has 0 aliphatic carbocycles. The van der Waals surface area contributed by atoms with E-state index in [9.17, 15) is 4.79 Å². The van der Waals surface area contributed by atoms with Crippen molar-refractivity contribution in [1.29, 1.82) is 0 Å². The summed E-state index contributed by atoms with van der Waals surface area (Å²) in [6.45, 7) is 7.54. The zero-order valence-electron chi connectivity index (χ0n) is 8.71. The molecule has 1 unspecified atom stereocenters. The molecule has 0 bridgehead atoms. The number of aliphatic hydroxyl groups is 1. The van der Waals surface area contributed by atoms with Gasteiger partial charge in [0.2, 0.25) is 5.91 Å². The molecular weight excluding hydrogens is 166 g/mol. The first-order chi connectivity index (χ1) is 5.98. The van der Waals surface area contributed by atoms with E-state index >= 15 is 0 Å². The minimum Gasteiger partial charge on any atom is -0.396 e. The summed E-state index contributed by atoms with van der Waals surface area (Å²) in [6, 6.07) is 0. The molecule has 1 aliphatic heterocycles. The monoisotopic (exact) mass is 185 g/mol. The van der Waals surface area contributed by atoms with Gasteiger partial charge in [0.15, 0.2) is 0 Å². The predicted octanol–water partition coefficient (Wildman–Crippen LogP) is 0.873. The molecular formula is C10H19NO2. The van der Waals surface area contributed by atoms with Crippen LogP contribution in [0.2, 0.25) is 0 Å². The number of aliphatic hydroxyl groups excluding tert-OH is 1. The molecule has 13 heavy (non-hydrogen) atoms. The van der Waals surface area contributed by atoms with Crippen LogP contribution < -0.4 is 0 Å². The van der Waals surface area contributed by atoms with E-state index < -0.39 is 0 Å². The van der Waals surface area contributed by atoms with Crippen molar-refractivity contribution in [3.63, 3.8) is 0 Å². The Morgan fingerprint density at radius 3 is 2.62 bits per heavy atom. The molecule has 1 amide bonds. The molecule has 1 fully saturated rings. The largest absolute Gasteiger partial charge is 0.396 e. The Hall–Kier alpha value is -0.570. The molecule has 0 saturated carbocycles. The second-order valence-corrected chi connectivity index (χ2v) is 4.63. The average molecular weight is 185 g/mol. The van der Waals surface area contributed by atoms with Gasteiger partial charge in [-0.05, 0) is 6.42 Å². The molecule has 1 rings (SSSR count). The van der Waals surface area contributed by atoms with Crippen LogP contribution in [0.4, 0.5) is 0 Å². The summed E-state index contributed by atoms with van der Waals surface area (Å²) in [5.41, 5.74) is -0.0649. The molecule has 76 valence electrons. The lowest BCUT2D eigenvalue weighted by Gasteiger charge is -2.23. The second kappa shape index (κ2) is 3.66. The average Bonchev–Trinajstić information content (AvgIpc) is 2.47. The molecule has 1 aliphatic rings. The summed E-state index contributed by atoms with van der Waals surface area (Å²) in [7, 11) is 0. The van der Waals surface area contributed by atoms with Gasteiger partial charge in [0.25, 0.3) is 0 Å². The van der Waals surface area contributed by atoms with Crippen molar-refractivity contribution < 1.29 is 9.90 Å². The molecule has 3 heteroatoms. The zero-order valence-corrected chi connectivity index (χ0v) is 8.71. The third-order valence-corrected chi connectivity index (χ3v) is 2.75. The molecule has 1 atom stereocenters. The van der Waals surface area contributed by atoms with Gasteiger partial charge in [-0.15, -0.1) is 0 Å². The van der Waals surface area contributed by atoms with Crippen molar-refractivity contribution in [2.75, 3.05) is 19.7 Å². The molecule has 3 nitrogen and oxygen atoms in total. The number of likely N-dealkylation sites (tertiary alicyclic amines) is 1. The Bertz CT molecular complexity index is 203. The molecule has 0 aromatic rings. The van der Waals surface area contributed by atoms with Crippen LogP contribution in [0.3, 0.4) is 0 Å². The first-order valence-corrected chi connectivity index (χ1v) is 4.88. The second-order valence-electron chi connectivity index (χ2n) is 4.63. The quantitative estimate of drug-likeness (QED) is 0.693. The van der Waals surface area contributed by atoms with Crippen molar-refractivity contribution in [3.8, 4) is 0 Å². The third kappa shape index (κ3) is 2.21. The van der Waals surface area contributed by atoms with E-state index in [-0.39, 0.29) is 23.8 Å². The lowest BCUT2D eigenvalue weighted by molar-refractivity contribution is -0.133. The molecule has 0 aromatic heterocycles. The highest BCUT2D eigenvalue weighted by molar-refractivity contribution is 5.78. The molecule has 0 spiro atoms. The van der Waals surface area contributed by atoms with Crippen molar-refractivity contribution >= 4 is 5.91 Å². The standard InChI is InChI=1S/C10H19NO2/c1-8(2)9(13)11-5-4-10(3,6-11)7-12/h8,12H,4-7H2,1-3H3. The highest BCUT2D eigenvalue weighted by Crippen LogP contribution is 2.29. The van der Waals surface area contributed by atoms with Gasteiger partial charge in [0, 0.05) is 24.4 Å².